The number of hydrogen-bond donors (Lipinski definition) is 2. The molecule has 0 aliphatic heterocycles. The number of methoxy groups -OCH3 is 2. The third kappa shape index (κ3) is 9.03. The van der Waals surface area contributed by atoms with Crippen LogP contribution in [-0.4, -0.2) is 52.8 Å². The Morgan fingerprint density at radius 1 is 0.812 bits per heavy atom. The smallest absolute Gasteiger partial charge is 0.426 e. The zero-order valence-corrected chi connectivity index (χ0v) is 9.28. The normalized spacial score (nSPS) is 9.38. The lowest BCUT2D eigenvalue weighted by Crippen LogP contribution is -2.42. The Labute approximate surface area is 93.1 Å². The minimum atomic E-state index is -0.791. The van der Waals surface area contributed by atoms with E-state index < -0.39 is 12.2 Å². The van der Waals surface area contributed by atoms with Crippen molar-refractivity contribution in [2.75, 3.05) is 40.6 Å². The van der Waals surface area contributed by atoms with Crippen LogP contribution in [0, 0.1) is 0 Å². The van der Waals surface area contributed by atoms with Crippen molar-refractivity contribution in [1.29, 1.82) is 0 Å². The summed E-state index contributed by atoms with van der Waals surface area (Å²) >= 11 is 0. The van der Waals surface area contributed by atoms with Gasteiger partial charge in [0.15, 0.2) is 0 Å². The molecule has 0 saturated carbocycles. The Hall–Kier alpha value is -1.54. The summed E-state index contributed by atoms with van der Waals surface area (Å²) in [4.78, 5) is 21.7. The highest BCUT2D eigenvalue weighted by atomic mass is 16.6. The first-order valence-corrected chi connectivity index (χ1v) is 4.54. The number of carbonyl (C=O) groups excluding carboxylic acids is 2. The summed E-state index contributed by atoms with van der Waals surface area (Å²) in [6, 6.07) is 0. The van der Waals surface area contributed by atoms with E-state index in [4.69, 9.17) is 0 Å². The predicted octanol–water partition coefficient (Wildman–Crippen LogP) is -0.353. The zero-order chi connectivity index (χ0) is 12.2. The van der Waals surface area contributed by atoms with Gasteiger partial charge in [0.25, 0.3) is 0 Å². The van der Waals surface area contributed by atoms with Crippen LogP contribution >= 0.6 is 0 Å². The van der Waals surface area contributed by atoms with Gasteiger partial charge < -0.3 is 18.9 Å². The van der Waals surface area contributed by atoms with Crippen LogP contribution < -0.4 is 10.9 Å². The maximum atomic E-state index is 10.9. The van der Waals surface area contributed by atoms with Gasteiger partial charge in [-0.05, 0) is 0 Å². The van der Waals surface area contributed by atoms with Gasteiger partial charge in [-0.15, -0.1) is 0 Å². The molecular formula is C8H16N2O6. The van der Waals surface area contributed by atoms with Gasteiger partial charge in [-0.3, -0.25) is 0 Å². The van der Waals surface area contributed by atoms with Crippen LogP contribution in [0.2, 0.25) is 0 Å². The maximum Gasteiger partial charge on any atom is 0.426 e. The lowest BCUT2D eigenvalue weighted by molar-refractivity contribution is 0.0851. The van der Waals surface area contributed by atoms with E-state index in [1.165, 1.54) is 14.2 Å². The molecule has 0 spiro atoms. The first kappa shape index (κ1) is 14.5. The Morgan fingerprint density at radius 3 is 1.50 bits per heavy atom. The van der Waals surface area contributed by atoms with Crippen LogP contribution in [0.5, 0.6) is 0 Å². The highest BCUT2D eigenvalue weighted by Gasteiger charge is 2.05. The summed E-state index contributed by atoms with van der Waals surface area (Å²) in [6.45, 7) is 0.767. The molecule has 0 unspecified atom stereocenters. The van der Waals surface area contributed by atoms with Gasteiger partial charge in [-0.2, -0.15) is 0 Å². The molecule has 94 valence electrons. The van der Waals surface area contributed by atoms with Crippen molar-refractivity contribution in [2.24, 2.45) is 0 Å². The predicted molar refractivity (Wildman–Crippen MR) is 52.7 cm³/mol. The first-order chi connectivity index (χ1) is 7.70. The number of nitrogens with one attached hydrogen (secondary N) is 2. The summed E-state index contributed by atoms with van der Waals surface area (Å²) in [5.41, 5.74) is 3.97. The summed E-state index contributed by atoms with van der Waals surface area (Å²) in [7, 11) is 2.96. The zero-order valence-electron chi connectivity index (χ0n) is 9.28. The Bertz CT molecular complexity index is 189. The molecule has 0 rings (SSSR count). The van der Waals surface area contributed by atoms with Gasteiger partial charge in [-0.25, -0.2) is 20.4 Å². The molecule has 0 atom stereocenters. The second kappa shape index (κ2) is 9.99. The van der Waals surface area contributed by atoms with E-state index in [0.29, 0.717) is 0 Å². The van der Waals surface area contributed by atoms with Gasteiger partial charge in [0.2, 0.25) is 0 Å². The molecule has 8 nitrogen and oxygen atoms in total. The number of ether oxygens (including phenoxy) is 4. The fourth-order valence-corrected chi connectivity index (χ4v) is 0.610. The molecule has 0 aromatic carbocycles. The topological polar surface area (TPSA) is 95.1 Å². The average molecular weight is 236 g/mol. The van der Waals surface area contributed by atoms with E-state index in [9.17, 15) is 9.59 Å². The average Bonchev–Trinajstić information content (AvgIpc) is 2.27. The minimum Gasteiger partial charge on any atom is -0.446 e. The summed E-state index contributed by atoms with van der Waals surface area (Å²) in [6.07, 6.45) is -1.58. The molecule has 0 bridgehead atoms. The third-order valence-corrected chi connectivity index (χ3v) is 1.31. The summed E-state index contributed by atoms with van der Waals surface area (Å²) in [5.74, 6) is 0. The number of carbonyl (C=O) groups is 2. The molecule has 0 radical (unpaired) electrons. The number of rotatable bonds is 6. The summed E-state index contributed by atoms with van der Waals surface area (Å²) < 4.78 is 18.5. The quantitative estimate of drug-likeness (QED) is 0.483. The van der Waals surface area contributed by atoms with Crippen LogP contribution in [0.4, 0.5) is 9.59 Å². The van der Waals surface area contributed by atoms with Crippen molar-refractivity contribution in [3.63, 3.8) is 0 Å². The monoisotopic (exact) mass is 236 g/mol. The fraction of sp³-hybridized carbons (Fsp3) is 0.750. The van der Waals surface area contributed by atoms with Crippen molar-refractivity contribution >= 4 is 12.2 Å². The molecular weight excluding hydrogens is 220 g/mol. The molecule has 8 heteroatoms. The molecule has 0 aromatic rings. The van der Waals surface area contributed by atoms with Crippen molar-refractivity contribution in [2.45, 2.75) is 0 Å². The molecule has 0 fully saturated rings. The van der Waals surface area contributed by atoms with Crippen LogP contribution in [0.3, 0.4) is 0 Å². The summed E-state index contributed by atoms with van der Waals surface area (Å²) in [5, 5.41) is 0. The molecule has 2 N–H and O–H groups in total. The standard InChI is InChI=1S/C8H16N2O6/c1-13-3-5-15-7(11)9-10-8(12)16-6-4-14-2/h3-6H2,1-2H3,(H,9,11)(H,10,12). The number of amides is 2. The lowest BCUT2D eigenvalue weighted by Gasteiger charge is -2.08. The molecule has 0 heterocycles. The van der Waals surface area contributed by atoms with Gasteiger partial charge in [0.05, 0.1) is 13.2 Å². The van der Waals surface area contributed by atoms with Crippen LogP contribution in [-0.2, 0) is 18.9 Å². The van der Waals surface area contributed by atoms with Crippen molar-refractivity contribution in [3.05, 3.63) is 0 Å². The largest absolute Gasteiger partial charge is 0.446 e. The van der Waals surface area contributed by atoms with E-state index in [-0.39, 0.29) is 26.4 Å². The Morgan fingerprint density at radius 2 is 1.19 bits per heavy atom. The molecule has 0 aliphatic rings. The van der Waals surface area contributed by atoms with Crippen molar-refractivity contribution in [1.82, 2.24) is 10.9 Å². The van der Waals surface area contributed by atoms with Crippen LogP contribution in [0.1, 0.15) is 0 Å². The SMILES string of the molecule is COCCOC(=O)NNC(=O)OCCOC. The van der Waals surface area contributed by atoms with Gasteiger partial charge in [0, 0.05) is 14.2 Å². The van der Waals surface area contributed by atoms with Crippen LogP contribution in [0.25, 0.3) is 0 Å². The second-order valence-electron chi connectivity index (χ2n) is 2.51. The highest BCUT2D eigenvalue weighted by molar-refractivity contribution is 5.73. The fourth-order valence-electron chi connectivity index (χ4n) is 0.610. The molecule has 0 aromatic heterocycles. The number of hydrogen-bond acceptors (Lipinski definition) is 6. The molecule has 16 heavy (non-hydrogen) atoms. The van der Waals surface area contributed by atoms with Crippen LogP contribution in [0.15, 0.2) is 0 Å². The van der Waals surface area contributed by atoms with Crippen molar-refractivity contribution in [3.8, 4) is 0 Å². The molecule has 2 amide bonds. The number of hydrazine groups is 1. The van der Waals surface area contributed by atoms with E-state index in [0.717, 1.165) is 0 Å². The Balaban J connectivity index is 3.40. The van der Waals surface area contributed by atoms with E-state index >= 15 is 0 Å². The second-order valence-corrected chi connectivity index (χ2v) is 2.51. The molecule has 0 saturated heterocycles. The maximum absolute atomic E-state index is 10.9. The third-order valence-electron chi connectivity index (χ3n) is 1.31. The van der Waals surface area contributed by atoms with Gasteiger partial charge in [0.1, 0.15) is 13.2 Å². The van der Waals surface area contributed by atoms with Crippen molar-refractivity contribution < 1.29 is 28.5 Å². The Kier molecular flexibility index (Phi) is 9.03. The van der Waals surface area contributed by atoms with Gasteiger partial charge >= 0.3 is 12.2 Å². The lowest BCUT2D eigenvalue weighted by atomic mass is 10.8. The molecule has 0 aliphatic carbocycles. The van der Waals surface area contributed by atoms with E-state index in [1.54, 1.807) is 0 Å². The van der Waals surface area contributed by atoms with E-state index in [2.05, 4.69) is 18.9 Å². The highest BCUT2D eigenvalue weighted by Crippen LogP contribution is 1.79. The van der Waals surface area contributed by atoms with Gasteiger partial charge in [-0.1, -0.05) is 0 Å². The first-order valence-electron chi connectivity index (χ1n) is 4.54. The van der Waals surface area contributed by atoms with E-state index in [1.807, 2.05) is 10.9 Å². The minimum absolute atomic E-state index is 0.0999.